The van der Waals surface area contributed by atoms with E-state index in [-0.39, 0.29) is 6.03 Å². The summed E-state index contributed by atoms with van der Waals surface area (Å²) in [5.74, 6) is 1.88. The van der Waals surface area contributed by atoms with Gasteiger partial charge < -0.3 is 14.4 Å². The molecule has 132 valence electrons. The normalized spacial score (nSPS) is 15.6. The van der Waals surface area contributed by atoms with Crippen molar-refractivity contribution in [2.24, 2.45) is 0 Å². The highest BCUT2D eigenvalue weighted by Crippen LogP contribution is 2.32. The Morgan fingerprint density at radius 2 is 2.08 bits per heavy atom. The first-order valence-corrected chi connectivity index (χ1v) is 8.08. The van der Waals surface area contributed by atoms with Crippen molar-refractivity contribution in [3.8, 4) is 11.5 Å². The Labute approximate surface area is 147 Å². The van der Waals surface area contributed by atoms with E-state index in [2.05, 4.69) is 15.5 Å². The minimum atomic E-state index is -0.534. The van der Waals surface area contributed by atoms with Crippen LogP contribution in [0.5, 0.6) is 11.5 Å². The van der Waals surface area contributed by atoms with Gasteiger partial charge in [0.05, 0.1) is 25.9 Å². The molecule has 2 amide bonds. The van der Waals surface area contributed by atoms with Gasteiger partial charge in [-0.05, 0) is 45.0 Å². The van der Waals surface area contributed by atoms with Crippen LogP contribution in [0, 0.1) is 6.92 Å². The van der Waals surface area contributed by atoms with Crippen molar-refractivity contribution in [2.75, 3.05) is 19.0 Å². The van der Waals surface area contributed by atoms with Crippen molar-refractivity contribution in [1.82, 2.24) is 15.1 Å². The van der Waals surface area contributed by atoms with Crippen molar-refractivity contribution < 1.29 is 14.3 Å². The molecule has 7 heteroatoms. The minimum Gasteiger partial charge on any atom is -0.497 e. The average Bonchev–Trinajstić information content (AvgIpc) is 2.70. The van der Waals surface area contributed by atoms with Gasteiger partial charge in [0.1, 0.15) is 17.1 Å². The molecular weight excluding hydrogens is 320 g/mol. The van der Waals surface area contributed by atoms with Crippen LogP contribution in [0.3, 0.4) is 0 Å². The van der Waals surface area contributed by atoms with Gasteiger partial charge in [-0.2, -0.15) is 5.10 Å². The number of methoxy groups -OCH3 is 1. The largest absolute Gasteiger partial charge is 0.497 e. The van der Waals surface area contributed by atoms with Gasteiger partial charge in [0.15, 0.2) is 5.82 Å². The molecule has 0 bridgehead atoms. The molecule has 0 aliphatic carbocycles. The van der Waals surface area contributed by atoms with Crippen LogP contribution in [0.1, 0.15) is 25.1 Å². The predicted octanol–water partition coefficient (Wildman–Crippen LogP) is 3.00. The number of urea groups is 1. The third kappa shape index (κ3) is 3.99. The van der Waals surface area contributed by atoms with Gasteiger partial charge in [0, 0.05) is 11.6 Å². The number of fused-ring (bicyclic) bond motifs is 1. The Morgan fingerprint density at radius 1 is 1.28 bits per heavy atom. The van der Waals surface area contributed by atoms with Crippen LogP contribution in [0.2, 0.25) is 0 Å². The zero-order valence-corrected chi connectivity index (χ0v) is 14.9. The maximum atomic E-state index is 12.7. The number of carbonyl (C=O) groups excluding carboxylic acids is 1. The van der Waals surface area contributed by atoms with E-state index in [1.807, 2.05) is 39.0 Å². The van der Waals surface area contributed by atoms with Crippen LogP contribution in [0.4, 0.5) is 10.6 Å². The molecule has 1 aliphatic rings. The zero-order valence-electron chi connectivity index (χ0n) is 14.9. The van der Waals surface area contributed by atoms with E-state index in [4.69, 9.17) is 9.47 Å². The number of ether oxygens (including phenoxy) is 2. The number of amides is 2. The molecule has 1 N–H and O–H groups in total. The molecule has 0 saturated heterocycles. The third-order valence-corrected chi connectivity index (χ3v) is 3.91. The lowest BCUT2D eigenvalue weighted by Crippen LogP contribution is -2.44. The summed E-state index contributed by atoms with van der Waals surface area (Å²) in [7, 11) is 1.62. The first-order valence-electron chi connectivity index (χ1n) is 8.08. The van der Waals surface area contributed by atoms with Gasteiger partial charge in [0.2, 0.25) is 0 Å². The molecular formula is C18H22N4O3. The quantitative estimate of drug-likeness (QED) is 0.908. The Hall–Kier alpha value is -2.83. The van der Waals surface area contributed by atoms with Crippen LogP contribution in [-0.2, 0) is 6.54 Å². The number of carbonyl (C=O) groups is 1. The van der Waals surface area contributed by atoms with Crippen molar-refractivity contribution in [3.05, 3.63) is 41.6 Å². The van der Waals surface area contributed by atoms with E-state index >= 15 is 0 Å². The molecule has 0 fully saturated rings. The average molecular weight is 342 g/mol. The van der Waals surface area contributed by atoms with Crippen molar-refractivity contribution in [1.29, 1.82) is 0 Å². The second kappa shape index (κ2) is 6.58. The summed E-state index contributed by atoms with van der Waals surface area (Å²) in [5.41, 5.74) is 1.19. The number of benzene rings is 1. The van der Waals surface area contributed by atoms with E-state index in [0.717, 1.165) is 22.8 Å². The maximum Gasteiger partial charge on any atom is 0.323 e. The first-order chi connectivity index (χ1) is 11.9. The maximum absolute atomic E-state index is 12.7. The van der Waals surface area contributed by atoms with Crippen molar-refractivity contribution in [2.45, 2.75) is 32.9 Å². The summed E-state index contributed by atoms with van der Waals surface area (Å²) in [4.78, 5) is 14.4. The molecule has 0 saturated carbocycles. The van der Waals surface area contributed by atoms with Gasteiger partial charge in [-0.15, -0.1) is 5.10 Å². The summed E-state index contributed by atoms with van der Waals surface area (Å²) in [6.45, 7) is 6.63. The molecule has 0 atom stereocenters. The number of hydrogen-bond donors (Lipinski definition) is 1. The Balaban J connectivity index is 1.83. The second-order valence-corrected chi connectivity index (χ2v) is 6.68. The number of aromatic nitrogens is 2. The number of aryl methyl sites for hydroxylation is 1. The monoisotopic (exact) mass is 342 g/mol. The van der Waals surface area contributed by atoms with Gasteiger partial charge in [-0.1, -0.05) is 0 Å². The zero-order chi connectivity index (χ0) is 18.0. The standard InChI is InChI=1S/C18H22N4O3/c1-12-5-8-16(21-20-12)19-17(23)22-10-13-6-7-14(24-4)9-15(13)25-18(2,3)11-22/h5-9H,10-11H2,1-4H3,(H,19,21,23). The van der Waals surface area contributed by atoms with E-state index < -0.39 is 5.60 Å². The number of rotatable bonds is 2. The smallest absolute Gasteiger partial charge is 0.323 e. The Bertz CT molecular complexity index is 774. The molecule has 1 aliphatic heterocycles. The second-order valence-electron chi connectivity index (χ2n) is 6.68. The highest BCUT2D eigenvalue weighted by Gasteiger charge is 2.32. The molecule has 1 aromatic carbocycles. The molecule has 0 radical (unpaired) electrons. The highest BCUT2D eigenvalue weighted by atomic mass is 16.5. The third-order valence-electron chi connectivity index (χ3n) is 3.91. The molecule has 7 nitrogen and oxygen atoms in total. The molecule has 3 rings (SSSR count). The van der Waals surface area contributed by atoms with E-state index in [0.29, 0.717) is 18.9 Å². The van der Waals surface area contributed by atoms with Crippen LogP contribution in [0.15, 0.2) is 30.3 Å². The Kier molecular flexibility index (Phi) is 4.48. The Morgan fingerprint density at radius 3 is 2.76 bits per heavy atom. The van der Waals surface area contributed by atoms with Crippen molar-refractivity contribution in [3.63, 3.8) is 0 Å². The number of nitrogens with one attached hydrogen (secondary N) is 1. The fourth-order valence-corrected chi connectivity index (χ4v) is 2.74. The number of nitrogens with zero attached hydrogens (tertiary/aromatic N) is 3. The summed E-state index contributed by atoms with van der Waals surface area (Å²) in [6, 6.07) is 8.93. The van der Waals surface area contributed by atoms with Crippen LogP contribution < -0.4 is 14.8 Å². The summed E-state index contributed by atoms with van der Waals surface area (Å²) < 4.78 is 11.4. The fourth-order valence-electron chi connectivity index (χ4n) is 2.74. The lowest BCUT2D eigenvalue weighted by Gasteiger charge is -2.29. The topological polar surface area (TPSA) is 76.6 Å². The van der Waals surface area contributed by atoms with E-state index in [1.54, 1.807) is 24.1 Å². The van der Waals surface area contributed by atoms with Crippen LogP contribution in [0.25, 0.3) is 0 Å². The first kappa shape index (κ1) is 17.0. The molecule has 25 heavy (non-hydrogen) atoms. The van der Waals surface area contributed by atoms with Gasteiger partial charge >= 0.3 is 6.03 Å². The number of anilines is 1. The lowest BCUT2D eigenvalue weighted by molar-refractivity contribution is 0.0833. The molecule has 0 spiro atoms. The van der Waals surface area contributed by atoms with Gasteiger partial charge in [0.25, 0.3) is 0 Å². The summed E-state index contributed by atoms with van der Waals surface area (Å²) in [6.07, 6.45) is 0. The minimum absolute atomic E-state index is 0.238. The summed E-state index contributed by atoms with van der Waals surface area (Å²) >= 11 is 0. The summed E-state index contributed by atoms with van der Waals surface area (Å²) in [5, 5.41) is 10.7. The van der Waals surface area contributed by atoms with Crippen molar-refractivity contribution >= 4 is 11.8 Å². The molecule has 1 aromatic heterocycles. The number of hydrogen-bond acceptors (Lipinski definition) is 5. The molecule has 2 heterocycles. The van der Waals surface area contributed by atoms with Gasteiger partial charge in [-0.3, -0.25) is 5.32 Å². The predicted molar refractivity (Wildman–Crippen MR) is 93.9 cm³/mol. The van der Waals surface area contributed by atoms with Crippen LogP contribution in [-0.4, -0.2) is 40.4 Å². The van der Waals surface area contributed by atoms with Gasteiger partial charge in [-0.25, -0.2) is 4.79 Å². The molecule has 2 aromatic rings. The molecule has 0 unspecified atom stereocenters. The SMILES string of the molecule is COc1ccc2c(c1)OC(C)(C)CN(C(=O)Nc1ccc(C)nn1)C2. The van der Waals surface area contributed by atoms with E-state index in [9.17, 15) is 4.79 Å². The highest BCUT2D eigenvalue weighted by molar-refractivity contribution is 5.88. The van der Waals surface area contributed by atoms with Crippen LogP contribution >= 0.6 is 0 Å². The fraction of sp³-hybridized carbons (Fsp3) is 0.389. The lowest BCUT2D eigenvalue weighted by atomic mass is 10.1. The van der Waals surface area contributed by atoms with E-state index in [1.165, 1.54) is 0 Å².